The summed E-state index contributed by atoms with van der Waals surface area (Å²) in [6.45, 7) is 2.15. The number of hydrogen-bond acceptors (Lipinski definition) is 5. The molecule has 0 aliphatic carbocycles. The van der Waals surface area contributed by atoms with Gasteiger partial charge in [0.05, 0.1) is 14.2 Å². The van der Waals surface area contributed by atoms with Gasteiger partial charge in [0.1, 0.15) is 0 Å². The second kappa shape index (κ2) is 6.70. The van der Waals surface area contributed by atoms with Crippen molar-refractivity contribution in [2.45, 2.75) is 6.92 Å². The van der Waals surface area contributed by atoms with E-state index in [-0.39, 0.29) is 5.96 Å². The first-order valence-electron chi connectivity index (χ1n) is 3.88. The molecule has 80 valence electrons. The monoisotopic (exact) mass is 203 g/mol. The summed E-state index contributed by atoms with van der Waals surface area (Å²) in [5.74, 6) is -0.00815. The van der Waals surface area contributed by atoms with Crippen LogP contribution in [0.5, 0.6) is 0 Å². The molecular formula is C7H13N3O4. The SMILES string of the molecule is CCN=C(NC(=O)OC)NC(=O)OC. The fourth-order valence-corrected chi connectivity index (χ4v) is 0.564. The van der Waals surface area contributed by atoms with E-state index in [2.05, 4.69) is 25.1 Å². The van der Waals surface area contributed by atoms with Crippen molar-refractivity contribution >= 4 is 18.1 Å². The average molecular weight is 203 g/mol. The minimum Gasteiger partial charge on any atom is -0.453 e. The first-order valence-corrected chi connectivity index (χ1v) is 3.88. The van der Waals surface area contributed by atoms with E-state index in [0.29, 0.717) is 6.54 Å². The van der Waals surface area contributed by atoms with Crippen LogP contribution in [-0.4, -0.2) is 38.9 Å². The summed E-state index contributed by atoms with van der Waals surface area (Å²) in [6, 6.07) is 0. The highest BCUT2D eigenvalue weighted by molar-refractivity contribution is 6.01. The Morgan fingerprint density at radius 2 is 1.57 bits per heavy atom. The molecule has 0 aromatic heterocycles. The van der Waals surface area contributed by atoms with Crippen LogP contribution in [0, 0.1) is 0 Å². The third-order valence-corrected chi connectivity index (χ3v) is 1.13. The van der Waals surface area contributed by atoms with Crippen molar-refractivity contribution in [3.8, 4) is 0 Å². The Morgan fingerprint density at radius 1 is 1.14 bits per heavy atom. The fourth-order valence-electron chi connectivity index (χ4n) is 0.564. The molecule has 0 aliphatic rings. The van der Waals surface area contributed by atoms with Gasteiger partial charge in [-0.25, -0.2) is 9.59 Å². The normalized spacial score (nSPS) is 8.50. The zero-order chi connectivity index (χ0) is 11.0. The minimum absolute atomic E-state index is 0.00815. The van der Waals surface area contributed by atoms with Crippen LogP contribution < -0.4 is 10.6 Å². The molecule has 0 radical (unpaired) electrons. The number of amides is 2. The number of hydrogen-bond donors (Lipinski definition) is 2. The van der Waals surface area contributed by atoms with Gasteiger partial charge < -0.3 is 9.47 Å². The predicted octanol–water partition coefficient (Wildman–Crippen LogP) is 0.0743. The highest BCUT2D eigenvalue weighted by Gasteiger charge is 2.08. The molecule has 0 fully saturated rings. The van der Waals surface area contributed by atoms with E-state index in [9.17, 15) is 9.59 Å². The Morgan fingerprint density at radius 3 is 1.86 bits per heavy atom. The molecule has 0 aliphatic heterocycles. The zero-order valence-corrected chi connectivity index (χ0v) is 8.29. The Balaban J connectivity index is 4.23. The summed E-state index contributed by atoms with van der Waals surface area (Å²) >= 11 is 0. The number of aliphatic imine (C=N–C) groups is 1. The molecule has 7 nitrogen and oxygen atoms in total. The second-order valence-electron chi connectivity index (χ2n) is 2.06. The average Bonchev–Trinajstić information content (AvgIpc) is 2.17. The number of ether oxygens (including phenoxy) is 2. The number of rotatable bonds is 1. The van der Waals surface area contributed by atoms with Gasteiger partial charge in [0.15, 0.2) is 0 Å². The first-order chi connectivity index (χ1) is 6.63. The molecule has 0 saturated carbocycles. The number of guanidine groups is 1. The lowest BCUT2D eigenvalue weighted by molar-refractivity contribution is 0.173. The van der Waals surface area contributed by atoms with Crippen LogP contribution in [0.15, 0.2) is 4.99 Å². The van der Waals surface area contributed by atoms with Gasteiger partial charge in [-0.15, -0.1) is 0 Å². The number of nitrogens with one attached hydrogen (secondary N) is 2. The Hall–Kier alpha value is -1.79. The predicted molar refractivity (Wildman–Crippen MR) is 49.1 cm³/mol. The van der Waals surface area contributed by atoms with Crippen LogP contribution in [0.4, 0.5) is 9.59 Å². The number of nitrogens with zero attached hydrogens (tertiary/aromatic N) is 1. The Bertz CT molecular complexity index is 219. The lowest BCUT2D eigenvalue weighted by Crippen LogP contribution is -2.43. The molecule has 7 heteroatoms. The van der Waals surface area contributed by atoms with Gasteiger partial charge in [-0.05, 0) is 6.92 Å². The molecule has 2 amide bonds. The van der Waals surface area contributed by atoms with E-state index in [1.54, 1.807) is 6.92 Å². The van der Waals surface area contributed by atoms with Crippen molar-refractivity contribution in [3.05, 3.63) is 0 Å². The summed E-state index contributed by atoms with van der Waals surface area (Å²) in [6.07, 6.45) is -1.43. The van der Waals surface area contributed by atoms with Crippen molar-refractivity contribution < 1.29 is 19.1 Å². The van der Waals surface area contributed by atoms with Gasteiger partial charge in [-0.2, -0.15) is 0 Å². The van der Waals surface area contributed by atoms with Crippen LogP contribution in [0.2, 0.25) is 0 Å². The molecule has 0 spiro atoms. The molecule has 0 saturated heterocycles. The smallest absolute Gasteiger partial charge is 0.413 e. The number of alkyl carbamates (subject to hydrolysis) is 2. The Kier molecular flexibility index (Phi) is 5.84. The van der Waals surface area contributed by atoms with E-state index < -0.39 is 12.2 Å². The number of carbonyl (C=O) groups is 2. The lowest BCUT2D eigenvalue weighted by Gasteiger charge is -2.07. The maximum atomic E-state index is 10.8. The molecule has 0 atom stereocenters. The van der Waals surface area contributed by atoms with Crippen LogP contribution >= 0.6 is 0 Å². The number of carbonyl (C=O) groups excluding carboxylic acids is 2. The van der Waals surface area contributed by atoms with Crippen molar-refractivity contribution in [2.75, 3.05) is 20.8 Å². The summed E-state index contributed by atoms with van der Waals surface area (Å²) in [5.41, 5.74) is 0. The molecule has 0 unspecified atom stereocenters. The molecule has 0 heterocycles. The van der Waals surface area contributed by atoms with Crippen molar-refractivity contribution in [2.24, 2.45) is 4.99 Å². The van der Waals surface area contributed by atoms with E-state index in [0.717, 1.165) is 0 Å². The summed E-state index contributed by atoms with van der Waals surface area (Å²) in [5, 5.41) is 4.42. The molecule has 0 bridgehead atoms. The molecule has 0 aromatic carbocycles. The molecular weight excluding hydrogens is 190 g/mol. The maximum Gasteiger partial charge on any atom is 0.413 e. The number of methoxy groups -OCH3 is 2. The quantitative estimate of drug-likeness (QED) is 0.466. The van der Waals surface area contributed by atoms with Crippen LogP contribution in [0.25, 0.3) is 0 Å². The van der Waals surface area contributed by atoms with E-state index in [1.165, 1.54) is 14.2 Å². The van der Waals surface area contributed by atoms with Gasteiger partial charge in [0.2, 0.25) is 5.96 Å². The topological polar surface area (TPSA) is 89.0 Å². The summed E-state index contributed by atoms with van der Waals surface area (Å²) in [7, 11) is 2.41. The van der Waals surface area contributed by atoms with E-state index in [1.807, 2.05) is 0 Å². The third kappa shape index (κ3) is 4.96. The molecule has 14 heavy (non-hydrogen) atoms. The standard InChI is InChI=1S/C7H13N3O4/c1-4-8-5(9-6(11)13-2)10-7(12)14-3/h4H2,1-3H3,(H2,8,9,10,11,12). The highest BCUT2D eigenvalue weighted by atomic mass is 16.5. The molecule has 2 N–H and O–H groups in total. The van der Waals surface area contributed by atoms with Crippen LogP contribution in [0.1, 0.15) is 6.92 Å². The van der Waals surface area contributed by atoms with Crippen molar-refractivity contribution in [3.63, 3.8) is 0 Å². The highest BCUT2D eigenvalue weighted by Crippen LogP contribution is 1.78. The lowest BCUT2D eigenvalue weighted by atomic mass is 10.7. The molecule has 0 rings (SSSR count). The Labute approximate surface area is 81.5 Å². The van der Waals surface area contributed by atoms with Crippen LogP contribution in [0.3, 0.4) is 0 Å². The zero-order valence-electron chi connectivity index (χ0n) is 8.29. The summed E-state index contributed by atoms with van der Waals surface area (Å²) < 4.78 is 8.64. The van der Waals surface area contributed by atoms with E-state index in [4.69, 9.17) is 0 Å². The fraction of sp³-hybridized carbons (Fsp3) is 0.571. The van der Waals surface area contributed by atoms with Gasteiger partial charge in [0.25, 0.3) is 0 Å². The van der Waals surface area contributed by atoms with Gasteiger partial charge in [-0.1, -0.05) is 0 Å². The largest absolute Gasteiger partial charge is 0.453 e. The maximum absolute atomic E-state index is 10.8. The van der Waals surface area contributed by atoms with Gasteiger partial charge in [0, 0.05) is 6.54 Å². The minimum atomic E-state index is -0.714. The van der Waals surface area contributed by atoms with Crippen molar-refractivity contribution in [1.82, 2.24) is 10.6 Å². The molecule has 0 aromatic rings. The summed E-state index contributed by atoms with van der Waals surface area (Å²) in [4.78, 5) is 25.3. The van der Waals surface area contributed by atoms with E-state index >= 15 is 0 Å². The first kappa shape index (κ1) is 12.2. The van der Waals surface area contributed by atoms with Gasteiger partial charge >= 0.3 is 12.2 Å². The van der Waals surface area contributed by atoms with Gasteiger partial charge in [-0.3, -0.25) is 15.6 Å². The second-order valence-corrected chi connectivity index (χ2v) is 2.06. The van der Waals surface area contributed by atoms with Crippen LogP contribution in [-0.2, 0) is 9.47 Å². The van der Waals surface area contributed by atoms with Crippen molar-refractivity contribution in [1.29, 1.82) is 0 Å². The third-order valence-electron chi connectivity index (χ3n) is 1.13.